The highest BCUT2D eigenvalue weighted by Gasteiger charge is 2.12. The Labute approximate surface area is 121 Å². The summed E-state index contributed by atoms with van der Waals surface area (Å²) in [6, 6.07) is 5.45. The molecule has 0 aromatic heterocycles. The Bertz CT molecular complexity index is 452. The van der Waals surface area contributed by atoms with Crippen molar-refractivity contribution in [1.82, 2.24) is 0 Å². The van der Waals surface area contributed by atoms with Crippen LogP contribution in [0.4, 0.5) is 0 Å². The molecule has 0 aliphatic rings. The lowest BCUT2D eigenvalue weighted by atomic mass is 10.1. The lowest BCUT2D eigenvalue weighted by Gasteiger charge is -2.19. The van der Waals surface area contributed by atoms with Gasteiger partial charge in [-0.15, -0.1) is 0 Å². The highest BCUT2D eigenvalue weighted by molar-refractivity contribution is 5.94. The Balaban J connectivity index is 2.72. The van der Waals surface area contributed by atoms with Crippen LogP contribution in [0.2, 0.25) is 0 Å². The monoisotopic (exact) mass is 276 g/mol. The van der Waals surface area contributed by atoms with Crippen molar-refractivity contribution < 1.29 is 14.3 Å². The van der Waals surface area contributed by atoms with Crippen LogP contribution in [0.1, 0.15) is 55.5 Å². The number of hydrogen-bond donors (Lipinski definition) is 0. The van der Waals surface area contributed by atoms with Crippen LogP contribution in [-0.2, 0) is 4.74 Å². The Hall–Kier alpha value is -1.77. The summed E-state index contributed by atoms with van der Waals surface area (Å²) >= 11 is 0. The number of ether oxygens (including phenoxy) is 2. The van der Waals surface area contributed by atoms with Crippen molar-refractivity contribution >= 4 is 5.78 Å². The van der Waals surface area contributed by atoms with Crippen molar-refractivity contribution in [3.63, 3.8) is 0 Å². The average Bonchev–Trinajstić information content (AvgIpc) is 2.41. The zero-order valence-corrected chi connectivity index (χ0v) is 12.6. The van der Waals surface area contributed by atoms with Crippen LogP contribution < -0.4 is 4.74 Å². The van der Waals surface area contributed by atoms with Gasteiger partial charge < -0.3 is 9.47 Å². The molecule has 3 heteroatoms. The largest absolute Gasteiger partial charge is 0.463 e. The van der Waals surface area contributed by atoms with Crippen molar-refractivity contribution in [3.8, 4) is 5.75 Å². The number of Topliss-reactive ketones (excluding diaryl/α,β-unsaturated/α-hetero) is 1. The second kappa shape index (κ2) is 8.41. The lowest BCUT2D eigenvalue weighted by Crippen LogP contribution is -2.18. The summed E-state index contributed by atoms with van der Waals surface area (Å²) in [5.74, 6) is 0.805. The van der Waals surface area contributed by atoms with Gasteiger partial charge in [-0.05, 0) is 44.0 Å². The molecule has 20 heavy (non-hydrogen) atoms. The van der Waals surface area contributed by atoms with E-state index in [9.17, 15) is 4.79 Å². The van der Waals surface area contributed by atoms with E-state index in [0.717, 1.165) is 37.0 Å². The minimum Gasteiger partial charge on any atom is -0.463 e. The molecule has 1 rings (SSSR count). The van der Waals surface area contributed by atoms with Gasteiger partial charge in [0.25, 0.3) is 0 Å². The van der Waals surface area contributed by atoms with E-state index >= 15 is 0 Å². The summed E-state index contributed by atoms with van der Waals surface area (Å²) in [5.41, 5.74) is 1.63. The first-order valence-corrected chi connectivity index (χ1v) is 7.13. The van der Waals surface area contributed by atoms with Crippen LogP contribution in [0.25, 0.3) is 0 Å². The molecule has 3 nitrogen and oxygen atoms in total. The first-order chi connectivity index (χ1) is 9.58. The van der Waals surface area contributed by atoms with Gasteiger partial charge in [0.2, 0.25) is 6.29 Å². The van der Waals surface area contributed by atoms with Crippen molar-refractivity contribution in [2.45, 2.75) is 52.7 Å². The number of benzene rings is 1. The van der Waals surface area contributed by atoms with Crippen LogP contribution in [0.15, 0.2) is 31.0 Å². The lowest BCUT2D eigenvalue weighted by molar-refractivity contribution is -0.0363. The molecule has 110 valence electrons. The van der Waals surface area contributed by atoms with Crippen LogP contribution >= 0.6 is 0 Å². The number of carbonyl (C=O) groups is 1. The first kappa shape index (κ1) is 16.3. The molecule has 0 amide bonds. The summed E-state index contributed by atoms with van der Waals surface area (Å²) in [6.45, 7) is 9.23. The molecule has 1 aromatic carbocycles. The van der Waals surface area contributed by atoms with Gasteiger partial charge in [0, 0.05) is 12.0 Å². The SMILES string of the molecule is C=COC(CCCCC)Oc1ccc(C(C)=O)cc1C. The van der Waals surface area contributed by atoms with Crippen LogP contribution in [0, 0.1) is 6.92 Å². The maximum absolute atomic E-state index is 11.3. The highest BCUT2D eigenvalue weighted by atomic mass is 16.7. The second-order valence-corrected chi connectivity index (χ2v) is 4.88. The van der Waals surface area contributed by atoms with Gasteiger partial charge in [-0.2, -0.15) is 0 Å². The predicted octanol–water partition coefficient (Wildman–Crippen LogP) is 4.64. The Morgan fingerprint density at radius 3 is 2.70 bits per heavy atom. The van der Waals surface area contributed by atoms with Crippen molar-refractivity contribution in [3.05, 3.63) is 42.2 Å². The Kier molecular flexibility index (Phi) is 6.85. The molecule has 0 saturated carbocycles. The van der Waals surface area contributed by atoms with Crippen LogP contribution in [0.3, 0.4) is 0 Å². The zero-order chi connectivity index (χ0) is 15.0. The molecule has 1 unspecified atom stereocenters. The predicted molar refractivity (Wildman–Crippen MR) is 81.0 cm³/mol. The third-order valence-corrected chi connectivity index (χ3v) is 3.13. The van der Waals surface area contributed by atoms with Gasteiger partial charge in [0.15, 0.2) is 5.78 Å². The van der Waals surface area contributed by atoms with E-state index in [2.05, 4.69) is 13.5 Å². The maximum atomic E-state index is 11.3. The minimum absolute atomic E-state index is 0.0569. The Morgan fingerprint density at radius 2 is 2.15 bits per heavy atom. The molecular formula is C17H24O3. The smallest absolute Gasteiger partial charge is 0.240 e. The summed E-state index contributed by atoms with van der Waals surface area (Å²) in [6.07, 6.45) is 5.29. The van der Waals surface area contributed by atoms with Gasteiger partial charge in [0.05, 0.1) is 6.26 Å². The van der Waals surface area contributed by atoms with Gasteiger partial charge in [-0.25, -0.2) is 0 Å². The molecule has 0 aliphatic carbocycles. The molecule has 0 radical (unpaired) electrons. The van der Waals surface area contributed by atoms with E-state index in [1.54, 1.807) is 13.0 Å². The van der Waals surface area contributed by atoms with Crippen molar-refractivity contribution in [2.75, 3.05) is 0 Å². The van der Waals surface area contributed by atoms with Crippen molar-refractivity contribution in [2.24, 2.45) is 0 Å². The fourth-order valence-corrected chi connectivity index (χ4v) is 1.97. The van der Waals surface area contributed by atoms with Crippen LogP contribution in [0.5, 0.6) is 5.75 Å². The van der Waals surface area contributed by atoms with Gasteiger partial charge >= 0.3 is 0 Å². The van der Waals surface area contributed by atoms with E-state index < -0.39 is 0 Å². The summed E-state index contributed by atoms with van der Waals surface area (Å²) in [4.78, 5) is 11.3. The third-order valence-electron chi connectivity index (χ3n) is 3.13. The summed E-state index contributed by atoms with van der Waals surface area (Å²) < 4.78 is 11.3. The van der Waals surface area contributed by atoms with Crippen molar-refractivity contribution in [1.29, 1.82) is 0 Å². The quantitative estimate of drug-likeness (QED) is 0.285. The van der Waals surface area contributed by atoms with E-state index in [1.807, 2.05) is 19.1 Å². The molecule has 0 fully saturated rings. The molecule has 0 aliphatic heterocycles. The van der Waals surface area contributed by atoms with Gasteiger partial charge in [-0.3, -0.25) is 4.79 Å². The number of aryl methyl sites for hydroxylation is 1. The number of ketones is 1. The number of unbranched alkanes of at least 4 members (excludes halogenated alkanes) is 2. The fraction of sp³-hybridized carbons (Fsp3) is 0.471. The molecule has 0 spiro atoms. The second-order valence-electron chi connectivity index (χ2n) is 4.88. The minimum atomic E-state index is -0.319. The molecule has 0 bridgehead atoms. The topological polar surface area (TPSA) is 35.5 Å². The van der Waals surface area contributed by atoms with Gasteiger partial charge in [0.1, 0.15) is 5.75 Å². The molecule has 1 atom stereocenters. The standard InChI is InChI=1S/C17H24O3/c1-5-7-8-9-17(19-6-2)20-16-11-10-15(14(4)18)12-13(16)3/h6,10-12,17H,2,5,7-9H2,1,3-4H3. The first-order valence-electron chi connectivity index (χ1n) is 7.13. The zero-order valence-electron chi connectivity index (χ0n) is 12.6. The number of hydrogen-bond acceptors (Lipinski definition) is 3. The molecule has 0 heterocycles. The van der Waals surface area contributed by atoms with E-state index in [0.29, 0.717) is 5.56 Å². The average molecular weight is 276 g/mol. The molecule has 1 aromatic rings. The Morgan fingerprint density at radius 1 is 1.40 bits per heavy atom. The molecular weight excluding hydrogens is 252 g/mol. The summed E-state index contributed by atoms with van der Waals surface area (Å²) in [7, 11) is 0. The molecule has 0 saturated heterocycles. The normalized spacial score (nSPS) is 11.8. The van der Waals surface area contributed by atoms with E-state index in [1.165, 1.54) is 6.26 Å². The number of carbonyl (C=O) groups excluding carboxylic acids is 1. The van der Waals surface area contributed by atoms with Gasteiger partial charge in [-0.1, -0.05) is 26.3 Å². The molecule has 0 N–H and O–H groups in total. The van der Waals surface area contributed by atoms with E-state index in [-0.39, 0.29) is 12.1 Å². The summed E-state index contributed by atoms with van der Waals surface area (Å²) in [5, 5.41) is 0. The van der Waals surface area contributed by atoms with Crippen LogP contribution in [-0.4, -0.2) is 12.1 Å². The number of rotatable bonds is 9. The third kappa shape index (κ3) is 5.08. The van der Waals surface area contributed by atoms with E-state index in [4.69, 9.17) is 9.47 Å². The fourth-order valence-electron chi connectivity index (χ4n) is 1.97. The maximum Gasteiger partial charge on any atom is 0.240 e. The highest BCUT2D eigenvalue weighted by Crippen LogP contribution is 2.22.